The number of rotatable bonds is 5. The highest BCUT2D eigenvalue weighted by atomic mass is 32.2. The second-order valence-corrected chi connectivity index (χ2v) is 2.72. The van der Waals surface area contributed by atoms with E-state index in [1.165, 1.54) is 17.8 Å². The van der Waals surface area contributed by atoms with Gasteiger partial charge < -0.3 is 10.4 Å². The van der Waals surface area contributed by atoms with Gasteiger partial charge in [-0.3, -0.25) is 9.59 Å². The van der Waals surface area contributed by atoms with E-state index in [0.29, 0.717) is 0 Å². The van der Waals surface area contributed by atoms with Crippen molar-refractivity contribution in [2.45, 2.75) is 6.42 Å². The van der Waals surface area contributed by atoms with Crippen LogP contribution < -0.4 is 5.32 Å². The van der Waals surface area contributed by atoms with Gasteiger partial charge in [0.1, 0.15) is 0 Å². The lowest BCUT2D eigenvalue weighted by atomic mass is 10.4. The molecule has 0 aliphatic rings. The normalized spacial score (nSPS) is 10.1. The molecule has 0 spiro atoms. The lowest BCUT2D eigenvalue weighted by molar-refractivity contribution is -0.136. The Kier molecular flexibility index (Phi) is 6.18. The van der Waals surface area contributed by atoms with Gasteiger partial charge in [0.15, 0.2) is 0 Å². The van der Waals surface area contributed by atoms with Crippen LogP contribution in [0.1, 0.15) is 6.42 Å². The lowest BCUT2D eigenvalue weighted by Gasteiger charge is -1.97. The molecule has 0 fully saturated rings. The van der Waals surface area contributed by atoms with Crippen molar-refractivity contribution in [1.82, 2.24) is 5.32 Å². The molecule has 0 rings (SSSR count). The number of carboxylic acids is 1. The minimum atomic E-state index is -0.913. The first-order valence-corrected chi connectivity index (χ1v) is 4.64. The molecular weight excluding hydrogens is 178 g/mol. The maximum absolute atomic E-state index is 10.8. The van der Waals surface area contributed by atoms with Crippen LogP contribution in [0.5, 0.6) is 0 Å². The van der Waals surface area contributed by atoms with Gasteiger partial charge in [-0.05, 0) is 11.7 Å². The van der Waals surface area contributed by atoms with Crippen LogP contribution in [-0.4, -0.2) is 29.8 Å². The van der Waals surface area contributed by atoms with E-state index in [9.17, 15) is 9.59 Å². The van der Waals surface area contributed by atoms with E-state index >= 15 is 0 Å². The lowest BCUT2D eigenvalue weighted by Crippen LogP contribution is -2.23. The van der Waals surface area contributed by atoms with Crippen LogP contribution in [0.3, 0.4) is 0 Å². The van der Waals surface area contributed by atoms with Crippen molar-refractivity contribution in [1.29, 1.82) is 0 Å². The molecule has 4 nitrogen and oxygen atoms in total. The van der Waals surface area contributed by atoms with Crippen LogP contribution in [0.2, 0.25) is 0 Å². The van der Waals surface area contributed by atoms with Crippen molar-refractivity contribution in [3.63, 3.8) is 0 Å². The summed E-state index contributed by atoms with van der Waals surface area (Å²) in [5, 5.41) is 12.3. The summed E-state index contributed by atoms with van der Waals surface area (Å²) in [5.74, 6) is -1.17. The van der Waals surface area contributed by atoms with Gasteiger partial charge in [-0.2, -0.15) is 0 Å². The summed E-state index contributed by atoms with van der Waals surface area (Å²) in [6.45, 7) is 0.173. The molecule has 12 heavy (non-hydrogen) atoms. The number of carbonyl (C=O) groups is 2. The molecule has 5 heteroatoms. The molecule has 2 N–H and O–H groups in total. The van der Waals surface area contributed by atoms with Gasteiger partial charge in [0.25, 0.3) is 0 Å². The average molecular weight is 189 g/mol. The molecule has 0 heterocycles. The second-order valence-electron chi connectivity index (χ2n) is 1.97. The summed E-state index contributed by atoms with van der Waals surface area (Å²) in [6.07, 6.45) is 3.16. The van der Waals surface area contributed by atoms with Crippen molar-refractivity contribution in [3.05, 3.63) is 11.5 Å². The standard InChI is InChI=1S/C7H11NO3S/c1-12-5-3-6(9)8-4-2-7(10)11/h3,5H,2,4H2,1H3,(H,8,9)(H,10,11)/b5-3+. The summed E-state index contributed by atoms with van der Waals surface area (Å²) in [4.78, 5) is 20.8. The van der Waals surface area contributed by atoms with Crippen LogP contribution >= 0.6 is 11.8 Å². The molecule has 0 aromatic carbocycles. The molecule has 0 saturated heterocycles. The summed E-state index contributed by atoms with van der Waals surface area (Å²) < 4.78 is 0. The Morgan fingerprint density at radius 3 is 2.75 bits per heavy atom. The first kappa shape index (κ1) is 11.0. The molecule has 0 saturated carbocycles. The van der Waals surface area contributed by atoms with Gasteiger partial charge >= 0.3 is 5.97 Å². The SMILES string of the molecule is CS/C=C/C(=O)NCCC(=O)O. The molecule has 0 aromatic heterocycles. The number of carbonyl (C=O) groups excluding carboxylic acids is 1. The number of hydrogen-bond acceptors (Lipinski definition) is 3. The Labute approximate surface area is 75.0 Å². The van der Waals surface area contributed by atoms with Gasteiger partial charge in [-0.1, -0.05) is 0 Å². The summed E-state index contributed by atoms with van der Waals surface area (Å²) in [7, 11) is 0. The maximum atomic E-state index is 10.8. The minimum Gasteiger partial charge on any atom is -0.481 e. The molecule has 0 bridgehead atoms. The number of thioether (sulfide) groups is 1. The predicted octanol–water partition coefficient (Wildman–Crippen LogP) is 0.454. The topological polar surface area (TPSA) is 66.4 Å². The van der Waals surface area contributed by atoms with Crippen molar-refractivity contribution in [3.8, 4) is 0 Å². The fourth-order valence-electron chi connectivity index (χ4n) is 0.481. The summed E-state index contributed by atoms with van der Waals surface area (Å²) in [5.41, 5.74) is 0. The quantitative estimate of drug-likeness (QED) is 0.616. The number of hydrogen-bond donors (Lipinski definition) is 2. The van der Waals surface area contributed by atoms with Crippen LogP contribution in [0.4, 0.5) is 0 Å². The van der Waals surface area contributed by atoms with Crippen LogP contribution in [-0.2, 0) is 9.59 Å². The fraction of sp³-hybridized carbons (Fsp3) is 0.429. The van der Waals surface area contributed by atoms with E-state index in [0.717, 1.165) is 0 Å². The minimum absolute atomic E-state index is 0.0428. The Balaban J connectivity index is 3.44. The van der Waals surface area contributed by atoms with E-state index in [1.54, 1.807) is 5.41 Å². The zero-order valence-corrected chi connectivity index (χ0v) is 7.56. The number of amides is 1. The smallest absolute Gasteiger partial charge is 0.305 e. The number of nitrogens with one attached hydrogen (secondary N) is 1. The van der Waals surface area contributed by atoms with E-state index in [1.807, 2.05) is 6.26 Å². The molecule has 0 unspecified atom stereocenters. The van der Waals surface area contributed by atoms with Crippen molar-refractivity contribution < 1.29 is 14.7 Å². The van der Waals surface area contributed by atoms with Crippen molar-refractivity contribution in [2.24, 2.45) is 0 Å². The zero-order chi connectivity index (χ0) is 9.40. The molecule has 0 radical (unpaired) electrons. The molecule has 0 aromatic rings. The van der Waals surface area contributed by atoms with Gasteiger partial charge in [0.05, 0.1) is 6.42 Å². The molecule has 1 amide bonds. The van der Waals surface area contributed by atoms with Gasteiger partial charge in [0.2, 0.25) is 5.91 Å². The average Bonchev–Trinajstić information content (AvgIpc) is 2.00. The van der Waals surface area contributed by atoms with E-state index in [2.05, 4.69) is 5.32 Å². The maximum Gasteiger partial charge on any atom is 0.305 e. The summed E-state index contributed by atoms with van der Waals surface area (Å²) in [6, 6.07) is 0. The Hall–Kier alpha value is -0.970. The highest BCUT2D eigenvalue weighted by Gasteiger charge is 1.97. The monoisotopic (exact) mass is 189 g/mol. The van der Waals surface area contributed by atoms with Gasteiger partial charge in [0, 0.05) is 12.6 Å². The van der Waals surface area contributed by atoms with Crippen LogP contribution in [0, 0.1) is 0 Å². The fourth-order valence-corrected chi connectivity index (χ4v) is 0.741. The predicted molar refractivity (Wildman–Crippen MR) is 47.9 cm³/mol. The van der Waals surface area contributed by atoms with Crippen LogP contribution in [0.15, 0.2) is 11.5 Å². The molecule has 0 atom stereocenters. The number of carboxylic acid groups (broad SMARTS) is 1. The Morgan fingerprint density at radius 1 is 1.58 bits per heavy atom. The van der Waals surface area contributed by atoms with Crippen molar-refractivity contribution >= 4 is 23.6 Å². The van der Waals surface area contributed by atoms with Crippen LogP contribution in [0.25, 0.3) is 0 Å². The summed E-state index contributed by atoms with van der Waals surface area (Å²) >= 11 is 1.41. The third-order valence-corrected chi connectivity index (χ3v) is 1.40. The highest BCUT2D eigenvalue weighted by molar-refractivity contribution is 8.01. The second kappa shape index (κ2) is 6.72. The molecular formula is C7H11NO3S. The van der Waals surface area contributed by atoms with Crippen molar-refractivity contribution in [2.75, 3.05) is 12.8 Å². The molecule has 68 valence electrons. The van der Waals surface area contributed by atoms with E-state index < -0.39 is 5.97 Å². The van der Waals surface area contributed by atoms with Gasteiger partial charge in [-0.15, -0.1) is 11.8 Å². The highest BCUT2D eigenvalue weighted by Crippen LogP contribution is 1.91. The Bertz CT molecular complexity index is 191. The first-order valence-electron chi connectivity index (χ1n) is 3.35. The number of aliphatic carboxylic acids is 1. The zero-order valence-electron chi connectivity index (χ0n) is 6.74. The largest absolute Gasteiger partial charge is 0.481 e. The Morgan fingerprint density at radius 2 is 2.25 bits per heavy atom. The first-order chi connectivity index (χ1) is 5.66. The van der Waals surface area contributed by atoms with E-state index in [4.69, 9.17) is 5.11 Å². The van der Waals surface area contributed by atoms with E-state index in [-0.39, 0.29) is 18.9 Å². The third kappa shape index (κ3) is 7.14. The molecule has 0 aliphatic heterocycles. The molecule has 0 aliphatic carbocycles. The third-order valence-electron chi connectivity index (χ3n) is 0.994. The van der Waals surface area contributed by atoms with Gasteiger partial charge in [-0.25, -0.2) is 0 Å².